The Kier molecular flexibility index (Phi) is 4.98. The highest BCUT2D eigenvalue weighted by Crippen LogP contribution is 2.23. The minimum Gasteiger partial charge on any atom is -0.467 e. The Morgan fingerprint density at radius 3 is 2.71 bits per heavy atom. The standard InChI is InChI=1S/C11H15BrO2/c1-3-9-7-10(12)5-6-11(9)14-8-13-4-2/h5-7H,3-4,8H2,1-2H3. The van der Waals surface area contributed by atoms with Gasteiger partial charge in [-0.25, -0.2) is 0 Å². The van der Waals surface area contributed by atoms with Crippen LogP contribution in [0.4, 0.5) is 0 Å². The van der Waals surface area contributed by atoms with Gasteiger partial charge in [-0.3, -0.25) is 0 Å². The van der Waals surface area contributed by atoms with Crippen LogP contribution in [-0.2, 0) is 11.2 Å². The summed E-state index contributed by atoms with van der Waals surface area (Å²) >= 11 is 3.43. The Morgan fingerprint density at radius 1 is 1.29 bits per heavy atom. The summed E-state index contributed by atoms with van der Waals surface area (Å²) in [6.45, 7) is 5.06. The summed E-state index contributed by atoms with van der Waals surface area (Å²) in [4.78, 5) is 0. The first kappa shape index (κ1) is 11.5. The summed E-state index contributed by atoms with van der Waals surface area (Å²) < 4.78 is 11.7. The molecule has 3 heteroatoms. The molecule has 0 saturated heterocycles. The van der Waals surface area contributed by atoms with Crippen molar-refractivity contribution in [3.8, 4) is 5.75 Å². The molecule has 0 bridgehead atoms. The normalized spacial score (nSPS) is 10.2. The zero-order chi connectivity index (χ0) is 10.4. The van der Waals surface area contributed by atoms with E-state index in [1.54, 1.807) is 0 Å². The van der Waals surface area contributed by atoms with Gasteiger partial charge in [0.2, 0.25) is 0 Å². The lowest BCUT2D eigenvalue weighted by Gasteiger charge is -2.10. The van der Waals surface area contributed by atoms with Gasteiger partial charge in [-0.2, -0.15) is 0 Å². The molecule has 0 spiro atoms. The van der Waals surface area contributed by atoms with Crippen molar-refractivity contribution < 1.29 is 9.47 Å². The summed E-state index contributed by atoms with van der Waals surface area (Å²) in [7, 11) is 0. The molecule has 0 N–H and O–H groups in total. The zero-order valence-electron chi connectivity index (χ0n) is 8.55. The maximum atomic E-state index is 5.48. The van der Waals surface area contributed by atoms with E-state index in [2.05, 4.69) is 28.9 Å². The van der Waals surface area contributed by atoms with Crippen LogP contribution >= 0.6 is 15.9 Å². The molecule has 0 aliphatic carbocycles. The molecule has 0 radical (unpaired) electrons. The van der Waals surface area contributed by atoms with Gasteiger partial charge < -0.3 is 9.47 Å². The highest BCUT2D eigenvalue weighted by atomic mass is 79.9. The number of halogens is 1. The number of rotatable bonds is 5. The van der Waals surface area contributed by atoms with Crippen LogP contribution < -0.4 is 4.74 Å². The molecular formula is C11H15BrO2. The Balaban J connectivity index is 2.65. The second-order valence-corrected chi connectivity index (χ2v) is 3.78. The van der Waals surface area contributed by atoms with Crippen LogP contribution in [0, 0.1) is 0 Å². The van der Waals surface area contributed by atoms with Crippen LogP contribution in [0.1, 0.15) is 19.4 Å². The van der Waals surface area contributed by atoms with Crippen molar-refractivity contribution in [3.63, 3.8) is 0 Å². The molecule has 78 valence electrons. The molecule has 0 atom stereocenters. The number of aryl methyl sites for hydroxylation is 1. The summed E-state index contributed by atoms with van der Waals surface area (Å²) in [5.74, 6) is 0.907. The predicted octanol–water partition coefficient (Wildman–Crippen LogP) is 3.38. The SMILES string of the molecule is CCOCOc1ccc(Br)cc1CC. The Labute approximate surface area is 93.4 Å². The highest BCUT2D eigenvalue weighted by Gasteiger charge is 2.02. The van der Waals surface area contributed by atoms with Crippen molar-refractivity contribution in [1.29, 1.82) is 0 Å². The molecule has 0 saturated carbocycles. The van der Waals surface area contributed by atoms with Crippen molar-refractivity contribution in [1.82, 2.24) is 0 Å². The lowest BCUT2D eigenvalue weighted by atomic mass is 10.1. The van der Waals surface area contributed by atoms with Gasteiger partial charge in [-0.1, -0.05) is 22.9 Å². The van der Waals surface area contributed by atoms with E-state index in [0.29, 0.717) is 13.4 Å². The Bertz CT molecular complexity index is 287. The number of ether oxygens (including phenoxy) is 2. The lowest BCUT2D eigenvalue weighted by molar-refractivity contribution is 0.0219. The van der Waals surface area contributed by atoms with E-state index >= 15 is 0 Å². The van der Waals surface area contributed by atoms with Gasteiger partial charge in [-0.15, -0.1) is 0 Å². The van der Waals surface area contributed by atoms with Gasteiger partial charge >= 0.3 is 0 Å². The third-order valence-electron chi connectivity index (χ3n) is 1.91. The molecule has 1 aromatic rings. The second kappa shape index (κ2) is 6.04. The van der Waals surface area contributed by atoms with Crippen molar-refractivity contribution in [3.05, 3.63) is 28.2 Å². The first-order valence-corrected chi connectivity index (χ1v) is 5.56. The van der Waals surface area contributed by atoms with Crippen LogP contribution in [0.15, 0.2) is 22.7 Å². The monoisotopic (exact) mass is 258 g/mol. The van der Waals surface area contributed by atoms with E-state index in [1.165, 1.54) is 5.56 Å². The number of hydrogen-bond donors (Lipinski definition) is 0. The van der Waals surface area contributed by atoms with E-state index in [9.17, 15) is 0 Å². The van der Waals surface area contributed by atoms with Crippen LogP contribution in [0.25, 0.3) is 0 Å². The topological polar surface area (TPSA) is 18.5 Å². The fourth-order valence-electron chi connectivity index (χ4n) is 1.15. The molecule has 2 nitrogen and oxygen atoms in total. The molecule has 1 rings (SSSR count). The number of benzene rings is 1. The van der Waals surface area contributed by atoms with E-state index in [-0.39, 0.29) is 0 Å². The van der Waals surface area contributed by atoms with Gasteiger partial charge in [-0.05, 0) is 37.1 Å². The van der Waals surface area contributed by atoms with Crippen LogP contribution in [-0.4, -0.2) is 13.4 Å². The molecule has 0 aromatic heterocycles. The average molecular weight is 259 g/mol. The summed E-state index contributed by atoms with van der Waals surface area (Å²) in [6.07, 6.45) is 0.959. The summed E-state index contributed by atoms with van der Waals surface area (Å²) in [5.41, 5.74) is 1.19. The van der Waals surface area contributed by atoms with Gasteiger partial charge in [0.05, 0.1) is 0 Å². The lowest BCUT2D eigenvalue weighted by Crippen LogP contribution is -2.03. The summed E-state index contributed by atoms with van der Waals surface area (Å²) in [6, 6.07) is 6.00. The molecule has 0 heterocycles. The van der Waals surface area contributed by atoms with E-state index in [1.807, 2.05) is 19.1 Å². The summed E-state index contributed by atoms with van der Waals surface area (Å²) in [5, 5.41) is 0. The minimum atomic E-state index is 0.325. The van der Waals surface area contributed by atoms with Crippen molar-refractivity contribution >= 4 is 15.9 Å². The van der Waals surface area contributed by atoms with Crippen LogP contribution in [0.2, 0.25) is 0 Å². The van der Waals surface area contributed by atoms with Gasteiger partial charge in [0, 0.05) is 11.1 Å². The smallest absolute Gasteiger partial charge is 0.189 e. The zero-order valence-corrected chi connectivity index (χ0v) is 10.1. The third kappa shape index (κ3) is 3.31. The Hall–Kier alpha value is -0.540. The molecule has 0 aliphatic rings. The molecule has 1 aromatic carbocycles. The van der Waals surface area contributed by atoms with E-state index in [0.717, 1.165) is 16.6 Å². The van der Waals surface area contributed by atoms with Crippen molar-refractivity contribution in [2.75, 3.05) is 13.4 Å². The highest BCUT2D eigenvalue weighted by molar-refractivity contribution is 9.10. The predicted molar refractivity (Wildman–Crippen MR) is 60.6 cm³/mol. The number of hydrogen-bond acceptors (Lipinski definition) is 2. The first-order valence-electron chi connectivity index (χ1n) is 4.76. The van der Waals surface area contributed by atoms with E-state index < -0.39 is 0 Å². The molecule has 0 aliphatic heterocycles. The van der Waals surface area contributed by atoms with Gasteiger partial charge in [0.15, 0.2) is 6.79 Å². The average Bonchev–Trinajstić information content (AvgIpc) is 2.20. The molecule has 0 amide bonds. The molecule has 0 fully saturated rings. The fraction of sp³-hybridized carbons (Fsp3) is 0.455. The second-order valence-electron chi connectivity index (χ2n) is 2.86. The molecule has 0 unspecified atom stereocenters. The van der Waals surface area contributed by atoms with Gasteiger partial charge in [0.25, 0.3) is 0 Å². The third-order valence-corrected chi connectivity index (χ3v) is 2.40. The van der Waals surface area contributed by atoms with E-state index in [4.69, 9.17) is 9.47 Å². The minimum absolute atomic E-state index is 0.325. The quantitative estimate of drug-likeness (QED) is 0.596. The van der Waals surface area contributed by atoms with Crippen molar-refractivity contribution in [2.24, 2.45) is 0 Å². The maximum Gasteiger partial charge on any atom is 0.189 e. The molecule has 14 heavy (non-hydrogen) atoms. The van der Waals surface area contributed by atoms with Crippen LogP contribution in [0.3, 0.4) is 0 Å². The fourth-order valence-corrected chi connectivity index (χ4v) is 1.56. The largest absolute Gasteiger partial charge is 0.467 e. The van der Waals surface area contributed by atoms with Gasteiger partial charge in [0.1, 0.15) is 5.75 Å². The first-order chi connectivity index (χ1) is 6.77. The molecular weight excluding hydrogens is 244 g/mol. The Morgan fingerprint density at radius 2 is 2.07 bits per heavy atom. The van der Waals surface area contributed by atoms with Crippen molar-refractivity contribution in [2.45, 2.75) is 20.3 Å². The maximum absolute atomic E-state index is 5.48. The van der Waals surface area contributed by atoms with Crippen LogP contribution in [0.5, 0.6) is 5.75 Å².